The Balaban J connectivity index is 1.64. The topological polar surface area (TPSA) is 92.8 Å². The van der Waals surface area contributed by atoms with Crippen LogP contribution in [0.5, 0.6) is 0 Å². The van der Waals surface area contributed by atoms with Gasteiger partial charge in [0.2, 0.25) is 15.9 Å². The van der Waals surface area contributed by atoms with E-state index in [9.17, 15) is 22.4 Å². The highest BCUT2D eigenvalue weighted by atomic mass is 35.5. The summed E-state index contributed by atoms with van der Waals surface area (Å²) in [6.45, 7) is 0.321. The van der Waals surface area contributed by atoms with Gasteiger partial charge in [0.05, 0.1) is 28.3 Å². The number of esters is 1. The van der Waals surface area contributed by atoms with Crippen LogP contribution < -0.4 is 5.32 Å². The first-order chi connectivity index (χ1) is 14.2. The summed E-state index contributed by atoms with van der Waals surface area (Å²) in [5.41, 5.74) is 0.531. The van der Waals surface area contributed by atoms with Gasteiger partial charge in [-0.1, -0.05) is 11.6 Å². The van der Waals surface area contributed by atoms with Gasteiger partial charge in [-0.05, 0) is 55.3 Å². The summed E-state index contributed by atoms with van der Waals surface area (Å²) in [6, 6.07) is 9.04. The molecule has 0 saturated carbocycles. The van der Waals surface area contributed by atoms with Crippen LogP contribution in [0, 0.1) is 11.7 Å². The predicted molar refractivity (Wildman–Crippen MR) is 109 cm³/mol. The Kier molecular flexibility index (Phi) is 6.74. The summed E-state index contributed by atoms with van der Waals surface area (Å²) in [5, 5.41) is 2.97. The molecule has 2 aromatic rings. The van der Waals surface area contributed by atoms with Crippen LogP contribution in [-0.4, -0.2) is 44.8 Å². The van der Waals surface area contributed by atoms with Crippen molar-refractivity contribution < 1.29 is 27.1 Å². The molecular weight excluding hydrogens is 435 g/mol. The fourth-order valence-electron chi connectivity index (χ4n) is 3.21. The maximum Gasteiger partial charge on any atom is 0.337 e. The maximum atomic E-state index is 13.1. The van der Waals surface area contributed by atoms with Crippen molar-refractivity contribution in [2.24, 2.45) is 5.92 Å². The van der Waals surface area contributed by atoms with E-state index in [4.69, 9.17) is 11.6 Å². The molecule has 0 aromatic heterocycles. The van der Waals surface area contributed by atoms with E-state index in [1.165, 1.54) is 41.7 Å². The number of carbonyl (C=O) groups is 2. The summed E-state index contributed by atoms with van der Waals surface area (Å²) < 4.78 is 44.4. The number of hydrogen-bond donors (Lipinski definition) is 1. The molecule has 0 atom stereocenters. The Morgan fingerprint density at radius 3 is 2.37 bits per heavy atom. The minimum Gasteiger partial charge on any atom is -0.465 e. The van der Waals surface area contributed by atoms with Gasteiger partial charge in [0.15, 0.2) is 0 Å². The van der Waals surface area contributed by atoms with Crippen LogP contribution in [0.4, 0.5) is 10.1 Å². The molecule has 0 spiro atoms. The predicted octanol–water partition coefficient (Wildman–Crippen LogP) is 3.31. The molecule has 30 heavy (non-hydrogen) atoms. The van der Waals surface area contributed by atoms with E-state index in [-0.39, 0.29) is 40.2 Å². The molecule has 1 aliphatic rings. The standard InChI is InChI=1S/C20H20ClFN2O5S/c1-29-20(26)14-2-7-17(21)18(12-14)23-19(25)13-8-10-24(11-9-13)30(27,28)16-5-3-15(22)4-6-16/h2-7,12-13H,8-11H2,1H3,(H,23,25). The molecule has 0 unspecified atom stereocenters. The summed E-state index contributed by atoms with van der Waals surface area (Å²) in [6.07, 6.45) is 0.640. The van der Waals surface area contributed by atoms with Gasteiger partial charge in [0, 0.05) is 19.0 Å². The molecule has 7 nitrogen and oxygen atoms in total. The largest absolute Gasteiger partial charge is 0.465 e. The fourth-order valence-corrected chi connectivity index (χ4v) is 4.85. The first-order valence-corrected chi connectivity index (χ1v) is 11.0. The van der Waals surface area contributed by atoms with E-state index >= 15 is 0 Å². The number of nitrogens with one attached hydrogen (secondary N) is 1. The lowest BCUT2D eigenvalue weighted by Gasteiger charge is -2.30. The van der Waals surface area contributed by atoms with E-state index in [0.717, 1.165) is 12.1 Å². The maximum absolute atomic E-state index is 13.1. The van der Waals surface area contributed by atoms with Crippen molar-refractivity contribution in [1.29, 1.82) is 0 Å². The van der Waals surface area contributed by atoms with E-state index in [1.807, 2.05) is 0 Å². The third-order valence-corrected chi connectivity index (χ3v) is 7.16. The third-order valence-electron chi connectivity index (χ3n) is 4.92. The minimum absolute atomic E-state index is 0.0122. The molecule has 10 heteroatoms. The number of carbonyl (C=O) groups excluding carboxylic acids is 2. The van der Waals surface area contributed by atoms with Crippen LogP contribution in [0.25, 0.3) is 0 Å². The van der Waals surface area contributed by atoms with Crippen molar-refractivity contribution in [2.45, 2.75) is 17.7 Å². The van der Waals surface area contributed by atoms with Gasteiger partial charge in [0.1, 0.15) is 5.82 Å². The van der Waals surface area contributed by atoms with Crippen LogP contribution >= 0.6 is 11.6 Å². The third kappa shape index (κ3) is 4.80. The number of ether oxygens (including phenoxy) is 1. The molecule has 1 N–H and O–H groups in total. The highest BCUT2D eigenvalue weighted by Gasteiger charge is 2.32. The van der Waals surface area contributed by atoms with Crippen LogP contribution in [0.2, 0.25) is 5.02 Å². The quantitative estimate of drug-likeness (QED) is 0.700. The van der Waals surface area contributed by atoms with Crippen LogP contribution in [0.3, 0.4) is 0 Å². The van der Waals surface area contributed by atoms with Crippen molar-refractivity contribution in [3.63, 3.8) is 0 Å². The average molecular weight is 455 g/mol. The second-order valence-corrected chi connectivity index (χ2v) is 9.15. The zero-order valence-corrected chi connectivity index (χ0v) is 17.7. The normalized spacial score (nSPS) is 15.6. The lowest BCUT2D eigenvalue weighted by Crippen LogP contribution is -2.41. The van der Waals surface area contributed by atoms with Crippen LogP contribution in [0.15, 0.2) is 47.4 Å². The van der Waals surface area contributed by atoms with Crippen molar-refractivity contribution in [1.82, 2.24) is 4.31 Å². The summed E-state index contributed by atoms with van der Waals surface area (Å²) >= 11 is 6.11. The zero-order valence-electron chi connectivity index (χ0n) is 16.1. The molecule has 1 saturated heterocycles. The van der Waals surface area contributed by atoms with E-state index in [1.54, 1.807) is 0 Å². The van der Waals surface area contributed by atoms with E-state index in [2.05, 4.69) is 10.1 Å². The number of nitrogens with zero attached hydrogens (tertiary/aromatic N) is 1. The van der Waals surface area contributed by atoms with Crippen molar-refractivity contribution in [2.75, 3.05) is 25.5 Å². The first kappa shape index (κ1) is 22.2. The van der Waals surface area contributed by atoms with Gasteiger partial charge in [-0.3, -0.25) is 4.79 Å². The molecule has 1 amide bonds. The number of methoxy groups -OCH3 is 1. The SMILES string of the molecule is COC(=O)c1ccc(Cl)c(NC(=O)C2CCN(S(=O)(=O)c3ccc(F)cc3)CC2)c1. The average Bonchev–Trinajstić information content (AvgIpc) is 2.75. The minimum atomic E-state index is -3.75. The van der Waals surface area contributed by atoms with Gasteiger partial charge < -0.3 is 10.1 Å². The van der Waals surface area contributed by atoms with Gasteiger partial charge in [-0.2, -0.15) is 4.31 Å². The van der Waals surface area contributed by atoms with Gasteiger partial charge in [0.25, 0.3) is 0 Å². The number of piperidine rings is 1. The molecule has 0 aliphatic carbocycles. The first-order valence-electron chi connectivity index (χ1n) is 9.17. The lowest BCUT2D eigenvalue weighted by molar-refractivity contribution is -0.120. The fraction of sp³-hybridized carbons (Fsp3) is 0.300. The Hall–Kier alpha value is -2.49. The smallest absolute Gasteiger partial charge is 0.337 e. The zero-order chi connectivity index (χ0) is 21.9. The molecular formula is C20H20ClFN2O5S. The van der Waals surface area contributed by atoms with E-state index < -0.39 is 27.7 Å². The van der Waals surface area contributed by atoms with Crippen LogP contribution in [0.1, 0.15) is 23.2 Å². The molecule has 1 heterocycles. The van der Waals surface area contributed by atoms with Crippen LogP contribution in [-0.2, 0) is 19.6 Å². The summed E-state index contributed by atoms with van der Waals surface area (Å²) in [4.78, 5) is 24.3. The number of rotatable bonds is 5. The second kappa shape index (κ2) is 9.11. The summed E-state index contributed by atoms with van der Waals surface area (Å²) in [7, 11) is -2.50. The number of sulfonamides is 1. The van der Waals surface area contributed by atoms with Crippen molar-refractivity contribution in [3.8, 4) is 0 Å². The molecule has 3 rings (SSSR count). The molecule has 1 aliphatic heterocycles. The monoisotopic (exact) mass is 454 g/mol. The number of halogens is 2. The molecule has 1 fully saturated rings. The Labute approximate surface area is 178 Å². The van der Waals surface area contributed by atoms with E-state index in [0.29, 0.717) is 12.8 Å². The molecule has 0 radical (unpaired) electrons. The number of hydrogen-bond acceptors (Lipinski definition) is 5. The highest BCUT2D eigenvalue weighted by Crippen LogP contribution is 2.28. The van der Waals surface area contributed by atoms with Crippen molar-refractivity contribution >= 4 is 39.2 Å². The molecule has 160 valence electrons. The number of amides is 1. The molecule has 2 aromatic carbocycles. The Bertz CT molecular complexity index is 1050. The van der Waals surface area contributed by atoms with Gasteiger partial charge >= 0.3 is 5.97 Å². The Morgan fingerprint density at radius 1 is 1.13 bits per heavy atom. The number of benzene rings is 2. The number of anilines is 1. The highest BCUT2D eigenvalue weighted by molar-refractivity contribution is 7.89. The molecule has 0 bridgehead atoms. The van der Waals surface area contributed by atoms with Gasteiger partial charge in [-0.15, -0.1) is 0 Å². The van der Waals surface area contributed by atoms with Crippen molar-refractivity contribution in [3.05, 3.63) is 58.9 Å². The lowest BCUT2D eigenvalue weighted by atomic mass is 9.97. The second-order valence-electron chi connectivity index (χ2n) is 6.81. The van der Waals surface area contributed by atoms with Gasteiger partial charge in [-0.25, -0.2) is 17.6 Å². The summed E-state index contributed by atoms with van der Waals surface area (Å²) in [5.74, 6) is -1.79. The Morgan fingerprint density at radius 2 is 1.77 bits per heavy atom.